The Balaban J connectivity index is 1.87. The van der Waals surface area contributed by atoms with E-state index in [0.717, 1.165) is 23.2 Å². The molecular weight excluding hydrogens is 378 g/mol. The summed E-state index contributed by atoms with van der Waals surface area (Å²) in [6.07, 6.45) is 0.261. The minimum Gasteiger partial charge on any atom is -0.388 e. The fraction of sp³-hybridized carbons (Fsp3) is 0.172. The quantitative estimate of drug-likeness (QED) is 0.332. The molecule has 0 aliphatic heterocycles. The predicted octanol–water partition coefficient (Wildman–Crippen LogP) is 6.92. The molecule has 2 N–H and O–H groups in total. The number of aryl methyl sites for hydroxylation is 1. The smallest absolute Gasteiger partial charge is 0.0881 e. The summed E-state index contributed by atoms with van der Waals surface area (Å²) < 4.78 is 0. The van der Waals surface area contributed by atoms with Gasteiger partial charge in [0.25, 0.3) is 0 Å². The fourth-order valence-corrected chi connectivity index (χ4v) is 4.33. The van der Waals surface area contributed by atoms with Crippen LogP contribution in [0.2, 0.25) is 0 Å². The molecule has 0 saturated heterocycles. The number of aliphatic hydroxyl groups is 1. The molecule has 0 bridgehead atoms. The van der Waals surface area contributed by atoms with Gasteiger partial charge in [0.15, 0.2) is 0 Å². The first-order valence-corrected chi connectivity index (χ1v) is 10.9. The van der Waals surface area contributed by atoms with E-state index in [1.54, 1.807) is 0 Å². The third kappa shape index (κ3) is 4.87. The van der Waals surface area contributed by atoms with Crippen molar-refractivity contribution in [2.24, 2.45) is 0 Å². The van der Waals surface area contributed by atoms with Crippen LogP contribution in [0.5, 0.6) is 0 Å². The summed E-state index contributed by atoms with van der Waals surface area (Å²) >= 11 is 0. The Morgan fingerprint density at radius 3 is 1.77 bits per heavy atom. The van der Waals surface area contributed by atoms with Gasteiger partial charge in [0.05, 0.1) is 12.1 Å². The monoisotopic (exact) mass is 407 g/mol. The summed E-state index contributed by atoms with van der Waals surface area (Å²) in [4.78, 5) is 0. The molecule has 0 radical (unpaired) electrons. The molecule has 0 aromatic heterocycles. The second-order valence-electron chi connectivity index (χ2n) is 7.83. The van der Waals surface area contributed by atoms with Crippen LogP contribution in [-0.4, -0.2) is 5.11 Å². The summed E-state index contributed by atoms with van der Waals surface area (Å²) in [5, 5.41) is 15.5. The third-order valence-corrected chi connectivity index (χ3v) is 5.89. The fourth-order valence-electron chi connectivity index (χ4n) is 4.33. The molecule has 3 atom stereocenters. The molecule has 31 heavy (non-hydrogen) atoms. The molecule has 4 aromatic rings. The number of hydrogen-bond donors (Lipinski definition) is 2. The largest absolute Gasteiger partial charge is 0.388 e. The van der Waals surface area contributed by atoms with Crippen LogP contribution in [0.1, 0.15) is 47.2 Å². The van der Waals surface area contributed by atoms with Crippen molar-refractivity contribution in [2.75, 3.05) is 5.32 Å². The van der Waals surface area contributed by atoms with E-state index in [-0.39, 0.29) is 12.0 Å². The molecule has 4 aromatic carbocycles. The van der Waals surface area contributed by atoms with Crippen molar-refractivity contribution in [2.45, 2.75) is 31.4 Å². The average Bonchev–Trinajstić information content (AvgIpc) is 2.85. The van der Waals surface area contributed by atoms with Crippen LogP contribution in [0.3, 0.4) is 0 Å². The molecule has 4 rings (SSSR count). The molecular formula is C29H29NO. The second kappa shape index (κ2) is 10.1. The normalized spacial score (nSPS) is 13.9. The maximum atomic E-state index is 11.7. The van der Waals surface area contributed by atoms with Crippen molar-refractivity contribution in [1.29, 1.82) is 0 Å². The van der Waals surface area contributed by atoms with Crippen LogP contribution < -0.4 is 5.32 Å². The molecule has 2 heteroatoms. The van der Waals surface area contributed by atoms with Gasteiger partial charge in [0.1, 0.15) is 0 Å². The maximum Gasteiger partial charge on any atom is 0.0881 e. The third-order valence-electron chi connectivity index (χ3n) is 5.89. The number of hydrogen-bond acceptors (Lipinski definition) is 2. The van der Waals surface area contributed by atoms with Gasteiger partial charge >= 0.3 is 0 Å². The molecule has 2 nitrogen and oxygen atoms in total. The molecule has 0 spiro atoms. The number of benzene rings is 4. The molecule has 0 fully saturated rings. The van der Waals surface area contributed by atoms with Gasteiger partial charge in [-0.25, -0.2) is 0 Å². The van der Waals surface area contributed by atoms with Crippen LogP contribution >= 0.6 is 0 Å². The van der Waals surface area contributed by atoms with E-state index in [0.29, 0.717) is 0 Å². The van der Waals surface area contributed by atoms with Gasteiger partial charge in [-0.2, -0.15) is 0 Å². The zero-order chi connectivity index (χ0) is 21.5. The van der Waals surface area contributed by atoms with Gasteiger partial charge in [0, 0.05) is 11.6 Å². The summed E-state index contributed by atoms with van der Waals surface area (Å²) in [6.45, 7) is 2.17. The Labute approximate surface area is 185 Å². The second-order valence-corrected chi connectivity index (χ2v) is 7.83. The van der Waals surface area contributed by atoms with Crippen molar-refractivity contribution in [3.8, 4) is 0 Å². The Kier molecular flexibility index (Phi) is 6.81. The van der Waals surface area contributed by atoms with Crippen LogP contribution in [0.15, 0.2) is 115 Å². The van der Waals surface area contributed by atoms with Crippen LogP contribution in [0.4, 0.5) is 5.69 Å². The zero-order valence-corrected chi connectivity index (χ0v) is 17.9. The summed E-state index contributed by atoms with van der Waals surface area (Å²) in [5.74, 6) is -0.166. The Hall–Kier alpha value is -3.36. The van der Waals surface area contributed by atoms with E-state index in [1.165, 1.54) is 11.1 Å². The lowest BCUT2D eigenvalue weighted by atomic mass is 9.78. The lowest BCUT2D eigenvalue weighted by molar-refractivity contribution is 0.135. The van der Waals surface area contributed by atoms with Crippen molar-refractivity contribution in [1.82, 2.24) is 0 Å². The standard InChI is InChI=1S/C29H29NO/c1-2-22-14-12-13-21-26(22)27(29(31)24-17-8-4-9-18-24)28(23-15-6-3-7-16-23)30-25-19-10-5-11-20-25/h3-21,27-31H,2H2,1H3. The Morgan fingerprint density at radius 2 is 1.16 bits per heavy atom. The molecule has 156 valence electrons. The molecule has 0 aliphatic carbocycles. The molecule has 0 amide bonds. The van der Waals surface area contributed by atoms with Gasteiger partial charge in [-0.1, -0.05) is 110 Å². The molecule has 0 heterocycles. The van der Waals surface area contributed by atoms with Crippen molar-refractivity contribution in [3.05, 3.63) is 138 Å². The molecule has 0 aliphatic rings. The SMILES string of the molecule is CCc1ccccc1C(C(O)c1ccccc1)C(Nc1ccccc1)c1ccccc1. The van der Waals surface area contributed by atoms with E-state index in [2.05, 4.69) is 72.9 Å². The number of para-hydroxylation sites is 1. The van der Waals surface area contributed by atoms with Crippen LogP contribution in [0.25, 0.3) is 0 Å². The van der Waals surface area contributed by atoms with E-state index < -0.39 is 6.10 Å². The highest BCUT2D eigenvalue weighted by Crippen LogP contribution is 2.43. The lowest BCUT2D eigenvalue weighted by Gasteiger charge is -2.34. The maximum absolute atomic E-state index is 11.7. The number of anilines is 1. The van der Waals surface area contributed by atoms with Crippen LogP contribution in [-0.2, 0) is 6.42 Å². The average molecular weight is 408 g/mol. The number of aliphatic hydroxyl groups excluding tert-OH is 1. The van der Waals surface area contributed by atoms with Gasteiger partial charge < -0.3 is 10.4 Å². The lowest BCUT2D eigenvalue weighted by Crippen LogP contribution is -2.26. The topological polar surface area (TPSA) is 32.3 Å². The Morgan fingerprint density at radius 1 is 0.645 bits per heavy atom. The minimum atomic E-state index is -0.657. The molecule has 0 saturated carbocycles. The minimum absolute atomic E-state index is 0.105. The zero-order valence-electron chi connectivity index (χ0n) is 17.9. The Bertz CT molecular complexity index is 1060. The van der Waals surface area contributed by atoms with Gasteiger partial charge in [-0.3, -0.25) is 0 Å². The summed E-state index contributed by atoms with van der Waals surface area (Å²) in [7, 11) is 0. The van der Waals surface area contributed by atoms with Gasteiger partial charge in [0.2, 0.25) is 0 Å². The highest BCUT2D eigenvalue weighted by atomic mass is 16.3. The number of nitrogens with one attached hydrogen (secondary N) is 1. The number of rotatable bonds is 8. The predicted molar refractivity (Wildman–Crippen MR) is 129 cm³/mol. The summed E-state index contributed by atoms with van der Waals surface area (Å²) in [6, 6.07) is 39.1. The van der Waals surface area contributed by atoms with Gasteiger partial charge in [-0.05, 0) is 40.8 Å². The van der Waals surface area contributed by atoms with Crippen LogP contribution in [0, 0.1) is 0 Å². The van der Waals surface area contributed by atoms with Crippen molar-refractivity contribution in [3.63, 3.8) is 0 Å². The van der Waals surface area contributed by atoms with E-state index in [4.69, 9.17) is 0 Å². The highest BCUT2D eigenvalue weighted by Gasteiger charge is 2.33. The van der Waals surface area contributed by atoms with Crippen molar-refractivity contribution < 1.29 is 5.11 Å². The first kappa shape index (κ1) is 20.9. The van der Waals surface area contributed by atoms with Gasteiger partial charge in [-0.15, -0.1) is 0 Å². The highest BCUT2D eigenvalue weighted by molar-refractivity contribution is 5.48. The first-order valence-electron chi connectivity index (χ1n) is 10.9. The van der Waals surface area contributed by atoms with E-state index >= 15 is 0 Å². The van der Waals surface area contributed by atoms with Crippen molar-refractivity contribution >= 4 is 5.69 Å². The van der Waals surface area contributed by atoms with E-state index in [1.807, 2.05) is 54.6 Å². The van der Waals surface area contributed by atoms with E-state index in [9.17, 15) is 5.11 Å². The first-order chi connectivity index (χ1) is 15.3. The summed E-state index contributed by atoms with van der Waals surface area (Å²) in [5.41, 5.74) is 5.55. The molecule has 3 unspecified atom stereocenters.